The van der Waals surface area contributed by atoms with Crippen molar-refractivity contribution in [2.45, 2.75) is 6.92 Å². The number of esters is 1. The third-order valence-electron chi connectivity index (χ3n) is 3.37. The topological polar surface area (TPSA) is 59.2 Å². The van der Waals surface area contributed by atoms with Crippen LogP contribution in [0.25, 0.3) is 10.9 Å². The minimum atomic E-state index is -0.533. The van der Waals surface area contributed by atoms with Crippen molar-refractivity contribution >= 4 is 57.5 Å². The Labute approximate surface area is 152 Å². The molecular weight excluding hydrogens is 373 g/mol. The Hall–Kier alpha value is -2.01. The number of ether oxygens (including phenoxy) is 1. The van der Waals surface area contributed by atoms with E-state index < -0.39 is 5.97 Å². The third kappa shape index (κ3) is 3.13. The van der Waals surface area contributed by atoms with E-state index >= 15 is 0 Å². The fraction of sp³-hybridized carbons (Fsp3) is 0.0588. The van der Waals surface area contributed by atoms with Crippen molar-refractivity contribution in [1.82, 2.24) is 4.98 Å². The van der Waals surface area contributed by atoms with Gasteiger partial charge in [0.2, 0.25) is 5.78 Å². The number of ketones is 1. The van der Waals surface area contributed by atoms with Crippen LogP contribution in [-0.4, -0.2) is 16.7 Å². The van der Waals surface area contributed by atoms with Crippen LogP contribution in [0.1, 0.15) is 23.0 Å². The molecule has 0 fully saturated rings. The van der Waals surface area contributed by atoms with Crippen LogP contribution in [0.15, 0.2) is 36.4 Å². The quantitative estimate of drug-likeness (QED) is 0.495. The summed E-state index contributed by atoms with van der Waals surface area (Å²) in [4.78, 5) is 27.2. The van der Waals surface area contributed by atoms with E-state index in [0.29, 0.717) is 26.5 Å². The van der Waals surface area contributed by atoms with Gasteiger partial charge in [-0.15, -0.1) is 0 Å². The molecule has 0 saturated heterocycles. The smallest absolute Gasteiger partial charge is 0.308 e. The number of benzene rings is 2. The number of rotatable bonds is 3. The summed E-state index contributed by atoms with van der Waals surface area (Å²) in [5.74, 6) is -0.753. The number of nitrogens with one attached hydrogen (secondary N) is 1. The first-order valence-corrected chi connectivity index (χ1v) is 7.99. The molecule has 0 amide bonds. The van der Waals surface area contributed by atoms with Crippen LogP contribution in [0.5, 0.6) is 5.75 Å². The average Bonchev–Trinajstić information content (AvgIpc) is 2.86. The number of halogens is 3. The Kier molecular flexibility index (Phi) is 4.54. The molecule has 24 heavy (non-hydrogen) atoms. The second-order valence-electron chi connectivity index (χ2n) is 5.07. The number of hydrogen-bond acceptors (Lipinski definition) is 3. The van der Waals surface area contributed by atoms with Crippen molar-refractivity contribution in [3.63, 3.8) is 0 Å². The molecule has 0 aliphatic heterocycles. The number of hydrogen-bond donors (Lipinski definition) is 1. The summed E-state index contributed by atoms with van der Waals surface area (Å²) in [7, 11) is 0. The predicted molar refractivity (Wildman–Crippen MR) is 94.5 cm³/mol. The van der Waals surface area contributed by atoms with E-state index in [2.05, 4.69) is 4.98 Å². The van der Waals surface area contributed by atoms with E-state index in [1.807, 2.05) is 0 Å². The molecule has 2 aromatic carbocycles. The number of carbonyl (C=O) groups is 2. The normalized spacial score (nSPS) is 10.8. The van der Waals surface area contributed by atoms with Crippen molar-refractivity contribution in [3.8, 4) is 5.75 Å². The second-order valence-corrected chi connectivity index (χ2v) is 6.32. The zero-order chi connectivity index (χ0) is 17.4. The van der Waals surface area contributed by atoms with E-state index in [0.717, 1.165) is 0 Å². The molecule has 0 aliphatic rings. The summed E-state index contributed by atoms with van der Waals surface area (Å²) in [6.07, 6.45) is 0. The van der Waals surface area contributed by atoms with Crippen LogP contribution in [0.2, 0.25) is 15.1 Å². The van der Waals surface area contributed by atoms with Crippen LogP contribution in [0, 0.1) is 0 Å². The first kappa shape index (κ1) is 16.8. The lowest BCUT2D eigenvalue weighted by Gasteiger charge is -2.05. The maximum Gasteiger partial charge on any atom is 0.308 e. The molecule has 0 atom stereocenters. The standard InChI is InChI=1S/C17H10Cl3NO3/c1-8(22)24-17-11-4-3-10(18)7-14(11)21-15(17)16(23)9-2-5-12(19)13(20)6-9/h2-7,21H,1H3. The molecule has 1 N–H and O–H groups in total. The van der Waals surface area contributed by atoms with Crippen molar-refractivity contribution in [2.24, 2.45) is 0 Å². The molecule has 1 heterocycles. The van der Waals surface area contributed by atoms with E-state index in [9.17, 15) is 9.59 Å². The minimum Gasteiger partial charge on any atom is -0.424 e. The molecule has 0 aliphatic carbocycles. The second kappa shape index (κ2) is 6.48. The van der Waals surface area contributed by atoms with Gasteiger partial charge in [-0.25, -0.2) is 0 Å². The highest BCUT2D eigenvalue weighted by Crippen LogP contribution is 2.34. The first-order chi connectivity index (χ1) is 11.4. The van der Waals surface area contributed by atoms with Crippen LogP contribution in [0.3, 0.4) is 0 Å². The highest BCUT2D eigenvalue weighted by atomic mass is 35.5. The van der Waals surface area contributed by atoms with E-state index in [1.165, 1.54) is 19.1 Å². The summed E-state index contributed by atoms with van der Waals surface area (Å²) in [6, 6.07) is 9.52. The van der Waals surface area contributed by atoms with Crippen LogP contribution in [-0.2, 0) is 4.79 Å². The van der Waals surface area contributed by atoms with Crippen LogP contribution >= 0.6 is 34.8 Å². The number of fused-ring (bicyclic) bond motifs is 1. The van der Waals surface area contributed by atoms with Crippen molar-refractivity contribution < 1.29 is 14.3 Å². The molecule has 4 nitrogen and oxygen atoms in total. The molecule has 0 unspecified atom stereocenters. The number of aromatic amines is 1. The van der Waals surface area contributed by atoms with Gasteiger partial charge in [0.05, 0.1) is 15.6 Å². The third-order valence-corrected chi connectivity index (χ3v) is 4.34. The predicted octanol–water partition coefficient (Wildman–Crippen LogP) is 5.28. The Morgan fingerprint density at radius 3 is 2.42 bits per heavy atom. The van der Waals surface area contributed by atoms with Gasteiger partial charge in [0.15, 0.2) is 5.75 Å². The van der Waals surface area contributed by atoms with Crippen LogP contribution < -0.4 is 4.74 Å². The number of carbonyl (C=O) groups excluding carboxylic acids is 2. The van der Waals surface area contributed by atoms with E-state index in [1.54, 1.807) is 24.3 Å². The Morgan fingerprint density at radius 2 is 1.75 bits per heavy atom. The number of H-pyrrole nitrogens is 1. The van der Waals surface area contributed by atoms with Crippen molar-refractivity contribution in [1.29, 1.82) is 0 Å². The minimum absolute atomic E-state index is 0.140. The summed E-state index contributed by atoms with van der Waals surface area (Å²) >= 11 is 17.8. The zero-order valence-electron chi connectivity index (χ0n) is 12.3. The maximum absolute atomic E-state index is 12.8. The molecule has 7 heteroatoms. The fourth-order valence-corrected chi connectivity index (χ4v) is 2.81. The van der Waals surface area contributed by atoms with Gasteiger partial charge in [0.1, 0.15) is 5.69 Å². The molecule has 3 aromatic rings. The van der Waals surface area contributed by atoms with E-state index in [4.69, 9.17) is 39.5 Å². The monoisotopic (exact) mass is 381 g/mol. The summed E-state index contributed by atoms with van der Waals surface area (Å²) < 4.78 is 5.24. The summed E-state index contributed by atoms with van der Waals surface area (Å²) in [5.41, 5.74) is 1.04. The van der Waals surface area contributed by atoms with Gasteiger partial charge in [-0.2, -0.15) is 0 Å². The fourth-order valence-electron chi connectivity index (χ4n) is 2.34. The van der Waals surface area contributed by atoms with Crippen LogP contribution in [0.4, 0.5) is 0 Å². The van der Waals surface area contributed by atoms with Gasteiger partial charge < -0.3 is 9.72 Å². The van der Waals surface area contributed by atoms with Gasteiger partial charge in [-0.3, -0.25) is 9.59 Å². The highest BCUT2D eigenvalue weighted by molar-refractivity contribution is 6.42. The lowest BCUT2D eigenvalue weighted by atomic mass is 10.1. The first-order valence-electron chi connectivity index (χ1n) is 6.86. The van der Waals surface area contributed by atoms with Gasteiger partial charge in [-0.05, 0) is 36.4 Å². The number of aromatic nitrogens is 1. The molecule has 0 bridgehead atoms. The largest absolute Gasteiger partial charge is 0.424 e. The molecule has 0 spiro atoms. The highest BCUT2D eigenvalue weighted by Gasteiger charge is 2.22. The lowest BCUT2D eigenvalue weighted by Crippen LogP contribution is -2.08. The SMILES string of the molecule is CC(=O)Oc1c(C(=O)c2ccc(Cl)c(Cl)c2)[nH]c2cc(Cl)ccc12. The summed E-state index contributed by atoms with van der Waals surface area (Å²) in [6.45, 7) is 1.27. The van der Waals surface area contributed by atoms with Gasteiger partial charge >= 0.3 is 5.97 Å². The Bertz CT molecular complexity index is 979. The van der Waals surface area contributed by atoms with E-state index in [-0.39, 0.29) is 22.2 Å². The van der Waals surface area contributed by atoms with Crippen molar-refractivity contribution in [3.05, 3.63) is 62.7 Å². The van der Waals surface area contributed by atoms with Crippen molar-refractivity contribution in [2.75, 3.05) is 0 Å². The Morgan fingerprint density at radius 1 is 1.00 bits per heavy atom. The average molecular weight is 383 g/mol. The molecular formula is C17H10Cl3NO3. The molecule has 0 radical (unpaired) electrons. The molecule has 0 saturated carbocycles. The van der Waals surface area contributed by atoms with Gasteiger partial charge in [0, 0.05) is 22.9 Å². The lowest BCUT2D eigenvalue weighted by molar-refractivity contribution is -0.131. The molecule has 122 valence electrons. The molecule has 3 rings (SSSR count). The Balaban J connectivity index is 2.18. The maximum atomic E-state index is 12.8. The van der Waals surface area contributed by atoms with Gasteiger partial charge in [-0.1, -0.05) is 34.8 Å². The van der Waals surface area contributed by atoms with Gasteiger partial charge in [0.25, 0.3) is 0 Å². The summed E-state index contributed by atoms with van der Waals surface area (Å²) in [5, 5.41) is 1.68. The zero-order valence-corrected chi connectivity index (χ0v) is 14.6. The molecule has 1 aromatic heterocycles.